The van der Waals surface area contributed by atoms with Gasteiger partial charge in [0.25, 0.3) is 0 Å². The number of ether oxygens (including phenoxy) is 1. The van der Waals surface area contributed by atoms with Crippen molar-refractivity contribution in [3.05, 3.63) is 47.7 Å². The summed E-state index contributed by atoms with van der Waals surface area (Å²) in [6, 6.07) is 10.1. The number of rotatable bonds is 5. The van der Waals surface area contributed by atoms with Crippen LogP contribution in [0.25, 0.3) is 0 Å². The fraction of sp³-hybridized carbons (Fsp3) is 0.267. The first-order chi connectivity index (χ1) is 9.22. The summed E-state index contributed by atoms with van der Waals surface area (Å²) in [6.45, 7) is 2.83. The summed E-state index contributed by atoms with van der Waals surface area (Å²) in [6.07, 6.45) is 3.90. The van der Waals surface area contributed by atoms with Crippen LogP contribution in [0, 0.1) is 6.92 Å². The van der Waals surface area contributed by atoms with Gasteiger partial charge in [-0.2, -0.15) is 0 Å². The van der Waals surface area contributed by atoms with E-state index in [0.29, 0.717) is 5.88 Å². The van der Waals surface area contributed by atoms with Crippen LogP contribution in [0.15, 0.2) is 41.4 Å². The number of hydrogen-bond donors (Lipinski definition) is 1. The Bertz CT molecular complexity index is 540. The van der Waals surface area contributed by atoms with Gasteiger partial charge in [-0.05, 0) is 56.1 Å². The quantitative estimate of drug-likeness (QED) is 0.844. The Labute approximate surface area is 118 Å². The van der Waals surface area contributed by atoms with Crippen LogP contribution in [0.2, 0.25) is 0 Å². The van der Waals surface area contributed by atoms with Crippen molar-refractivity contribution in [1.82, 2.24) is 10.3 Å². The molecule has 4 heteroatoms. The Morgan fingerprint density at radius 1 is 1.26 bits per heavy atom. The zero-order valence-corrected chi connectivity index (χ0v) is 12.3. The fourth-order valence-corrected chi connectivity index (χ4v) is 2.19. The molecule has 2 aromatic rings. The molecule has 0 amide bonds. The topological polar surface area (TPSA) is 34.2 Å². The lowest BCUT2D eigenvalue weighted by Gasteiger charge is -2.09. The second-order valence-corrected chi connectivity index (χ2v) is 5.15. The molecule has 0 saturated heterocycles. The van der Waals surface area contributed by atoms with Gasteiger partial charge in [0.15, 0.2) is 0 Å². The molecule has 19 heavy (non-hydrogen) atoms. The van der Waals surface area contributed by atoms with Crippen LogP contribution in [0.3, 0.4) is 0 Å². The number of pyridine rings is 1. The summed E-state index contributed by atoms with van der Waals surface area (Å²) in [5.74, 6) is 1.48. The van der Waals surface area contributed by atoms with Gasteiger partial charge >= 0.3 is 0 Å². The SMILES string of the molecule is CNCc1cnc(Oc2ccc(SC)cc2)c(C)c1. The molecule has 0 unspecified atom stereocenters. The Balaban J connectivity index is 2.13. The van der Waals surface area contributed by atoms with E-state index in [4.69, 9.17) is 4.74 Å². The standard InChI is InChI=1S/C15H18N2OS/c1-11-8-12(9-16-2)10-17-15(11)18-13-4-6-14(19-3)7-5-13/h4-8,10,16H,9H2,1-3H3. The van der Waals surface area contributed by atoms with Crippen molar-refractivity contribution in [2.24, 2.45) is 0 Å². The van der Waals surface area contributed by atoms with Gasteiger partial charge in [-0.3, -0.25) is 0 Å². The van der Waals surface area contributed by atoms with E-state index in [9.17, 15) is 0 Å². The Morgan fingerprint density at radius 3 is 2.58 bits per heavy atom. The van der Waals surface area contributed by atoms with Crippen LogP contribution >= 0.6 is 11.8 Å². The van der Waals surface area contributed by atoms with Crippen LogP contribution in [0.1, 0.15) is 11.1 Å². The number of thioether (sulfide) groups is 1. The van der Waals surface area contributed by atoms with E-state index in [1.54, 1.807) is 11.8 Å². The third-order valence-corrected chi connectivity index (χ3v) is 3.49. The highest BCUT2D eigenvalue weighted by Gasteiger charge is 2.04. The molecule has 0 spiro atoms. The Kier molecular flexibility index (Phi) is 4.82. The van der Waals surface area contributed by atoms with E-state index < -0.39 is 0 Å². The number of benzene rings is 1. The Morgan fingerprint density at radius 2 is 2.00 bits per heavy atom. The molecule has 3 nitrogen and oxygen atoms in total. The molecule has 100 valence electrons. The van der Waals surface area contributed by atoms with Crippen LogP contribution in [0.5, 0.6) is 11.6 Å². The lowest BCUT2D eigenvalue weighted by atomic mass is 10.2. The second kappa shape index (κ2) is 6.59. The zero-order chi connectivity index (χ0) is 13.7. The zero-order valence-electron chi connectivity index (χ0n) is 11.4. The number of aryl methyl sites for hydroxylation is 1. The molecule has 0 aliphatic heterocycles. The largest absolute Gasteiger partial charge is 0.439 e. The highest BCUT2D eigenvalue weighted by Crippen LogP contribution is 2.25. The highest BCUT2D eigenvalue weighted by atomic mass is 32.2. The van der Waals surface area contributed by atoms with E-state index in [2.05, 4.69) is 22.6 Å². The molecule has 0 saturated carbocycles. The molecule has 0 atom stereocenters. The van der Waals surface area contributed by atoms with Gasteiger partial charge in [0.05, 0.1) is 0 Å². The minimum atomic E-state index is 0.664. The van der Waals surface area contributed by atoms with Crippen LogP contribution in [-0.2, 0) is 6.54 Å². The molecule has 0 fully saturated rings. The highest BCUT2D eigenvalue weighted by molar-refractivity contribution is 7.98. The van der Waals surface area contributed by atoms with E-state index >= 15 is 0 Å². The molecule has 0 aliphatic carbocycles. The second-order valence-electron chi connectivity index (χ2n) is 4.27. The minimum absolute atomic E-state index is 0.664. The average Bonchev–Trinajstić information content (AvgIpc) is 2.43. The van der Waals surface area contributed by atoms with Crippen molar-refractivity contribution in [3.63, 3.8) is 0 Å². The van der Waals surface area contributed by atoms with Crippen molar-refractivity contribution in [3.8, 4) is 11.6 Å². The van der Waals surface area contributed by atoms with Crippen LogP contribution < -0.4 is 10.1 Å². The van der Waals surface area contributed by atoms with Crippen molar-refractivity contribution in [1.29, 1.82) is 0 Å². The lowest BCUT2D eigenvalue weighted by molar-refractivity contribution is 0.458. The smallest absolute Gasteiger partial charge is 0.222 e. The lowest BCUT2D eigenvalue weighted by Crippen LogP contribution is -2.06. The van der Waals surface area contributed by atoms with E-state index in [1.807, 2.05) is 44.4 Å². The molecule has 0 radical (unpaired) electrons. The first-order valence-corrected chi connectivity index (χ1v) is 7.37. The first-order valence-electron chi connectivity index (χ1n) is 6.15. The van der Waals surface area contributed by atoms with Gasteiger partial charge in [0.2, 0.25) is 5.88 Å². The summed E-state index contributed by atoms with van der Waals surface area (Å²) in [4.78, 5) is 5.59. The molecule has 1 aromatic heterocycles. The van der Waals surface area contributed by atoms with E-state index in [-0.39, 0.29) is 0 Å². The number of hydrogen-bond acceptors (Lipinski definition) is 4. The minimum Gasteiger partial charge on any atom is -0.439 e. The monoisotopic (exact) mass is 274 g/mol. The van der Waals surface area contributed by atoms with Gasteiger partial charge in [0.1, 0.15) is 5.75 Å². The van der Waals surface area contributed by atoms with Crippen molar-refractivity contribution in [2.45, 2.75) is 18.4 Å². The Hall–Kier alpha value is -1.52. The number of nitrogens with zero attached hydrogens (tertiary/aromatic N) is 1. The fourth-order valence-electron chi connectivity index (χ4n) is 1.78. The van der Waals surface area contributed by atoms with Gasteiger partial charge in [-0.15, -0.1) is 11.8 Å². The maximum atomic E-state index is 5.80. The molecule has 0 bridgehead atoms. The summed E-state index contributed by atoms with van der Waals surface area (Å²) in [5.41, 5.74) is 2.20. The maximum Gasteiger partial charge on any atom is 0.222 e. The summed E-state index contributed by atoms with van der Waals surface area (Å²) in [5, 5.41) is 3.11. The maximum absolute atomic E-state index is 5.80. The normalized spacial score (nSPS) is 10.5. The molecule has 2 rings (SSSR count). The van der Waals surface area contributed by atoms with Crippen LogP contribution in [-0.4, -0.2) is 18.3 Å². The summed E-state index contributed by atoms with van der Waals surface area (Å²) < 4.78 is 5.80. The predicted molar refractivity (Wildman–Crippen MR) is 80.0 cm³/mol. The van der Waals surface area contributed by atoms with E-state index in [1.165, 1.54) is 4.90 Å². The van der Waals surface area contributed by atoms with Gasteiger partial charge in [0, 0.05) is 23.2 Å². The first kappa shape index (κ1) is 13.9. The van der Waals surface area contributed by atoms with Gasteiger partial charge < -0.3 is 10.1 Å². The van der Waals surface area contributed by atoms with Crippen molar-refractivity contribution in [2.75, 3.05) is 13.3 Å². The molecule has 0 aliphatic rings. The van der Waals surface area contributed by atoms with Crippen molar-refractivity contribution < 1.29 is 4.74 Å². The van der Waals surface area contributed by atoms with Gasteiger partial charge in [-0.1, -0.05) is 0 Å². The van der Waals surface area contributed by atoms with E-state index in [0.717, 1.165) is 23.4 Å². The number of aromatic nitrogens is 1. The van der Waals surface area contributed by atoms with Gasteiger partial charge in [-0.25, -0.2) is 4.98 Å². The summed E-state index contributed by atoms with van der Waals surface area (Å²) >= 11 is 1.72. The molecule has 1 aromatic carbocycles. The number of nitrogens with one attached hydrogen (secondary N) is 1. The molecule has 1 N–H and O–H groups in total. The molecular formula is C15H18N2OS. The average molecular weight is 274 g/mol. The molecular weight excluding hydrogens is 256 g/mol. The third-order valence-electron chi connectivity index (χ3n) is 2.74. The predicted octanol–water partition coefficient (Wildman–Crippen LogP) is 3.62. The van der Waals surface area contributed by atoms with Crippen LogP contribution in [0.4, 0.5) is 0 Å². The summed E-state index contributed by atoms with van der Waals surface area (Å²) in [7, 11) is 1.92. The van der Waals surface area contributed by atoms with Crippen molar-refractivity contribution >= 4 is 11.8 Å². The third kappa shape index (κ3) is 3.72. The molecule has 1 heterocycles.